The van der Waals surface area contributed by atoms with Crippen molar-refractivity contribution in [2.45, 2.75) is 18.6 Å². The van der Waals surface area contributed by atoms with E-state index < -0.39 is 18.2 Å². The SMILES string of the molecule is COc1cc(C(=O)O[C@@H]2Cc3c(O)cc(O)cc3O[C@@H]2c2cc(OC)c(O)c(OC)c2)cc(OC)c1O. The van der Waals surface area contributed by atoms with Gasteiger partial charge in [0.05, 0.1) is 34.0 Å². The number of carbonyl (C=O) groups is 1. The molecule has 4 rings (SSSR count). The van der Waals surface area contributed by atoms with Crippen molar-refractivity contribution in [1.82, 2.24) is 0 Å². The smallest absolute Gasteiger partial charge is 0.338 e. The van der Waals surface area contributed by atoms with Crippen LogP contribution in [0.2, 0.25) is 0 Å². The number of methoxy groups -OCH3 is 4. The first-order valence-corrected chi connectivity index (χ1v) is 11.0. The Kier molecular flexibility index (Phi) is 6.96. The monoisotopic (exact) mass is 514 g/mol. The summed E-state index contributed by atoms with van der Waals surface area (Å²) in [6.45, 7) is 0. The number of ether oxygens (including phenoxy) is 6. The standard InChI is InChI=1S/C26H26O11/c1-32-18-5-12(6-19(33-2)23(18)29)25-22(11-15-16(28)9-14(27)10-17(15)36-25)37-26(31)13-7-20(34-3)24(30)21(8-13)35-4/h5-10,22,25,27-30H,11H2,1-4H3/t22-,25-/m1/s1. The van der Waals surface area contributed by atoms with E-state index in [0.717, 1.165) is 6.07 Å². The molecule has 1 aliphatic heterocycles. The minimum atomic E-state index is -0.986. The number of benzene rings is 3. The van der Waals surface area contributed by atoms with Gasteiger partial charge in [0.25, 0.3) is 0 Å². The van der Waals surface area contributed by atoms with E-state index in [1.807, 2.05) is 0 Å². The number of esters is 1. The molecule has 2 atom stereocenters. The minimum absolute atomic E-state index is 0.00853. The fraction of sp³-hybridized carbons (Fsp3) is 0.269. The Bertz CT molecular complexity index is 1280. The maximum absolute atomic E-state index is 13.2. The van der Waals surface area contributed by atoms with E-state index in [4.69, 9.17) is 28.4 Å². The molecule has 0 amide bonds. The van der Waals surface area contributed by atoms with Gasteiger partial charge in [0.2, 0.25) is 11.5 Å². The lowest BCUT2D eigenvalue weighted by atomic mass is 9.93. The lowest BCUT2D eigenvalue weighted by molar-refractivity contribution is -0.0189. The van der Waals surface area contributed by atoms with Crippen LogP contribution in [0, 0.1) is 0 Å². The Hall–Kier alpha value is -4.67. The van der Waals surface area contributed by atoms with E-state index in [1.54, 1.807) is 0 Å². The quantitative estimate of drug-likeness (QED) is 0.343. The third-order valence-corrected chi connectivity index (χ3v) is 5.97. The first kappa shape index (κ1) is 25.4. The number of phenols is 4. The fourth-order valence-electron chi connectivity index (χ4n) is 4.13. The molecule has 11 nitrogen and oxygen atoms in total. The summed E-state index contributed by atoms with van der Waals surface area (Å²) in [5.74, 6) is -1.33. The van der Waals surface area contributed by atoms with Crippen molar-refractivity contribution in [3.63, 3.8) is 0 Å². The summed E-state index contributed by atoms with van der Waals surface area (Å²) in [5, 5.41) is 40.9. The molecule has 0 saturated carbocycles. The molecule has 3 aromatic rings. The van der Waals surface area contributed by atoms with E-state index in [1.165, 1.54) is 58.8 Å². The first-order valence-electron chi connectivity index (χ1n) is 11.0. The summed E-state index contributed by atoms with van der Waals surface area (Å²) in [4.78, 5) is 13.2. The number of rotatable bonds is 7. The topological polar surface area (TPSA) is 153 Å². The molecule has 0 bridgehead atoms. The summed E-state index contributed by atoms with van der Waals surface area (Å²) >= 11 is 0. The Morgan fingerprint density at radius 3 is 1.81 bits per heavy atom. The van der Waals surface area contributed by atoms with E-state index in [0.29, 0.717) is 11.1 Å². The zero-order chi connectivity index (χ0) is 26.9. The molecule has 0 fully saturated rings. The second kappa shape index (κ2) is 10.1. The zero-order valence-corrected chi connectivity index (χ0v) is 20.5. The molecule has 0 saturated heterocycles. The van der Waals surface area contributed by atoms with Crippen molar-refractivity contribution in [3.8, 4) is 51.7 Å². The third-order valence-electron chi connectivity index (χ3n) is 5.97. The second-order valence-electron chi connectivity index (χ2n) is 8.13. The fourth-order valence-corrected chi connectivity index (χ4v) is 4.13. The number of carbonyl (C=O) groups excluding carboxylic acids is 1. The molecular weight excluding hydrogens is 488 g/mol. The highest BCUT2D eigenvalue weighted by molar-refractivity contribution is 5.91. The van der Waals surface area contributed by atoms with Crippen molar-refractivity contribution in [1.29, 1.82) is 0 Å². The molecule has 0 aliphatic carbocycles. The number of phenolic OH excluding ortho intramolecular Hbond substituents is 4. The van der Waals surface area contributed by atoms with Crippen molar-refractivity contribution in [2.24, 2.45) is 0 Å². The first-order chi connectivity index (χ1) is 17.7. The number of aromatic hydroxyl groups is 4. The third kappa shape index (κ3) is 4.75. The van der Waals surface area contributed by atoms with Gasteiger partial charge in [-0.1, -0.05) is 0 Å². The average Bonchev–Trinajstić information content (AvgIpc) is 2.88. The Morgan fingerprint density at radius 2 is 1.30 bits per heavy atom. The second-order valence-corrected chi connectivity index (χ2v) is 8.13. The predicted molar refractivity (Wildman–Crippen MR) is 128 cm³/mol. The van der Waals surface area contributed by atoms with Gasteiger partial charge in [0.15, 0.2) is 29.1 Å². The molecule has 0 aromatic heterocycles. The van der Waals surface area contributed by atoms with Crippen LogP contribution in [0.5, 0.6) is 51.7 Å². The average molecular weight is 514 g/mol. The van der Waals surface area contributed by atoms with Crippen LogP contribution in [0.3, 0.4) is 0 Å². The van der Waals surface area contributed by atoms with Crippen LogP contribution < -0.4 is 23.7 Å². The highest BCUT2D eigenvalue weighted by atomic mass is 16.6. The molecule has 1 aliphatic rings. The van der Waals surface area contributed by atoms with E-state index in [-0.39, 0.29) is 63.7 Å². The number of hydrogen-bond donors (Lipinski definition) is 4. The van der Waals surface area contributed by atoms with Gasteiger partial charge in [-0.25, -0.2) is 4.79 Å². The van der Waals surface area contributed by atoms with Crippen LogP contribution in [0.15, 0.2) is 36.4 Å². The normalized spacial score (nSPS) is 16.2. The molecule has 0 spiro atoms. The molecule has 11 heteroatoms. The lowest BCUT2D eigenvalue weighted by Crippen LogP contribution is -2.34. The summed E-state index contributed by atoms with van der Waals surface area (Å²) in [5.41, 5.74) is 0.788. The van der Waals surface area contributed by atoms with Crippen LogP contribution in [-0.4, -0.2) is 60.9 Å². The molecule has 1 heterocycles. The highest BCUT2D eigenvalue weighted by Crippen LogP contribution is 2.46. The summed E-state index contributed by atoms with van der Waals surface area (Å²) in [6.07, 6.45) is -1.92. The molecule has 4 N–H and O–H groups in total. The van der Waals surface area contributed by atoms with Crippen LogP contribution >= 0.6 is 0 Å². The van der Waals surface area contributed by atoms with Gasteiger partial charge >= 0.3 is 5.97 Å². The summed E-state index contributed by atoms with van der Waals surface area (Å²) < 4.78 is 32.7. The largest absolute Gasteiger partial charge is 0.508 e. The molecule has 196 valence electrons. The Morgan fingerprint density at radius 1 is 0.784 bits per heavy atom. The van der Waals surface area contributed by atoms with Gasteiger partial charge in [0.1, 0.15) is 23.4 Å². The van der Waals surface area contributed by atoms with Crippen molar-refractivity contribution in [3.05, 3.63) is 53.1 Å². The maximum atomic E-state index is 13.2. The van der Waals surface area contributed by atoms with Gasteiger partial charge in [-0.05, 0) is 24.3 Å². The molecular formula is C26H26O11. The molecule has 37 heavy (non-hydrogen) atoms. The summed E-state index contributed by atoms with van der Waals surface area (Å²) in [6, 6.07) is 8.10. The van der Waals surface area contributed by atoms with Crippen LogP contribution in [0.1, 0.15) is 27.6 Å². The van der Waals surface area contributed by atoms with Gasteiger partial charge < -0.3 is 48.8 Å². The molecule has 3 aromatic carbocycles. The van der Waals surface area contributed by atoms with Crippen LogP contribution in [-0.2, 0) is 11.2 Å². The van der Waals surface area contributed by atoms with E-state index in [2.05, 4.69) is 0 Å². The van der Waals surface area contributed by atoms with Gasteiger partial charge in [-0.2, -0.15) is 0 Å². The van der Waals surface area contributed by atoms with Crippen LogP contribution in [0.25, 0.3) is 0 Å². The predicted octanol–water partition coefficient (Wildman–Crippen LogP) is 3.45. The Balaban J connectivity index is 1.77. The molecule has 0 unspecified atom stereocenters. The van der Waals surface area contributed by atoms with Gasteiger partial charge in [-0.15, -0.1) is 0 Å². The number of hydrogen-bond acceptors (Lipinski definition) is 11. The molecule has 0 radical (unpaired) electrons. The number of fused-ring (bicyclic) bond motifs is 1. The van der Waals surface area contributed by atoms with Crippen molar-refractivity contribution >= 4 is 5.97 Å². The van der Waals surface area contributed by atoms with E-state index in [9.17, 15) is 25.2 Å². The maximum Gasteiger partial charge on any atom is 0.338 e. The van der Waals surface area contributed by atoms with E-state index >= 15 is 0 Å². The lowest BCUT2D eigenvalue weighted by Gasteiger charge is -2.34. The van der Waals surface area contributed by atoms with Crippen LogP contribution in [0.4, 0.5) is 0 Å². The van der Waals surface area contributed by atoms with Gasteiger partial charge in [0, 0.05) is 29.7 Å². The van der Waals surface area contributed by atoms with Crippen molar-refractivity contribution in [2.75, 3.05) is 28.4 Å². The Labute approximate surface area is 211 Å². The highest BCUT2D eigenvalue weighted by Gasteiger charge is 2.37. The minimum Gasteiger partial charge on any atom is -0.508 e. The van der Waals surface area contributed by atoms with Crippen molar-refractivity contribution < 1.29 is 53.6 Å². The van der Waals surface area contributed by atoms with Gasteiger partial charge in [-0.3, -0.25) is 0 Å². The zero-order valence-electron chi connectivity index (χ0n) is 20.5. The summed E-state index contributed by atoms with van der Waals surface area (Å²) in [7, 11) is 5.40.